The minimum atomic E-state index is -2.04. The number of amides is 2. The SMILES string of the molecule is CNC(=O)Oc1ccc(NC(=O)C(Cl)(Cl)Cl)c(C)c1. The number of anilines is 1. The molecule has 5 nitrogen and oxygen atoms in total. The maximum Gasteiger partial charge on any atom is 0.412 e. The van der Waals surface area contributed by atoms with Crippen LogP contribution in [0.5, 0.6) is 5.75 Å². The van der Waals surface area contributed by atoms with Crippen molar-refractivity contribution in [2.24, 2.45) is 0 Å². The van der Waals surface area contributed by atoms with Gasteiger partial charge in [-0.2, -0.15) is 0 Å². The van der Waals surface area contributed by atoms with E-state index in [2.05, 4.69) is 10.6 Å². The highest BCUT2D eigenvalue weighted by Gasteiger charge is 2.30. The molecular weight excluding hydrogens is 314 g/mol. The molecule has 0 fully saturated rings. The normalized spacial score (nSPS) is 10.8. The first-order valence-electron chi connectivity index (χ1n) is 5.12. The molecular formula is C11H11Cl3N2O3. The number of hydrogen-bond acceptors (Lipinski definition) is 3. The third kappa shape index (κ3) is 4.78. The van der Waals surface area contributed by atoms with Crippen molar-refractivity contribution in [3.8, 4) is 5.75 Å². The molecule has 8 heteroatoms. The molecule has 0 aliphatic rings. The molecule has 1 rings (SSSR count). The molecule has 0 saturated carbocycles. The van der Waals surface area contributed by atoms with Gasteiger partial charge in [-0.3, -0.25) is 4.79 Å². The second kappa shape index (κ2) is 6.32. The average Bonchev–Trinajstić information content (AvgIpc) is 2.31. The Morgan fingerprint density at radius 1 is 1.26 bits per heavy atom. The van der Waals surface area contributed by atoms with Crippen LogP contribution in [0.4, 0.5) is 10.5 Å². The van der Waals surface area contributed by atoms with Crippen LogP contribution in [0, 0.1) is 6.92 Å². The molecule has 0 aliphatic carbocycles. The first-order chi connectivity index (χ1) is 8.74. The van der Waals surface area contributed by atoms with Crippen molar-refractivity contribution in [3.63, 3.8) is 0 Å². The summed E-state index contributed by atoms with van der Waals surface area (Å²) in [5, 5.41) is 4.77. The lowest BCUT2D eigenvalue weighted by Gasteiger charge is -2.14. The summed E-state index contributed by atoms with van der Waals surface area (Å²) < 4.78 is 2.89. The lowest BCUT2D eigenvalue weighted by molar-refractivity contribution is -0.115. The predicted octanol–water partition coefficient (Wildman–Crippen LogP) is 3.02. The van der Waals surface area contributed by atoms with Crippen LogP contribution in [0.15, 0.2) is 18.2 Å². The van der Waals surface area contributed by atoms with Crippen LogP contribution in [0.3, 0.4) is 0 Å². The molecule has 104 valence electrons. The van der Waals surface area contributed by atoms with Gasteiger partial charge in [0.15, 0.2) is 0 Å². The number of carbonyl (C=O) groups is 2. The number of carbonyl (C=O) groups excluding carboxylic acids is 2. The summed E-state index contributed by atoms with van der Waals surface area (Å²) in [4.78, 5) is 22.5. The predicted molar refractivity (Wildman–Crippen MR) is 75.2 cm³/mol. The molecule has 0 atom stereocenters. The molecule has 0 spiro atoms. The monoisotopic (exact) mass is 324 g/mol. The van der Waals surface area contributed by atoms with Crippen LogP contribution >= 0.6 is 34.8 Å². The molecule has 0 heterocycles. The highest BCUT2D eigenvalue weighted by atomic mass is 35.6. The summed E-state index contributed by atoms with van der Waals surface area (Å²) in [6, 6.07) is 4.63. The number of benzene rings is 1. The number of nitrogens with one attached hydrogen (secondary N) is 2. The molecule has 0 aliphatic heterocycles. The highest BCUT2D eigenvalue weighted by molar-refractivity contribution is 6.76. The zero-order valence-corrected chi connectivity index (χ0v) is 12.4. The number of rotatable bonds is 2. The van der Waals surface area contributed by atoms with E-state index in [1.807, 2.05) is 0 Å². The van der Waals surface area contributed by atoms with Gasteiger partial charge in [0.05, 0.1) is 0 Å². The van der Waals surface area contributed by atoms with E-state index in [1.54, 1.807) is 19.1 Å². The first kappa shape index (κ1) is 15.9. The number of ether oxygens (including phenoxy) is 1. The molecule has 19 heavy (non-hydrogen) atoms. The fraction of sp³-hybridized carbons (Fsp3) is 0.273. The second-order valence-corrected chi connectivity index (χ2v) is 5.85. The van der Waals surface area contributed by atoms with E-state index < -0.39 is 15.8 Å². The molecule has 0 aromatic heterocycles. The van der Waals surface area contributed by atoms with Crippen LogP contribution < -0.4 is 15.4 Å². The number of hydrogen-bond donors (Lipinski definition) is 2. The van der Waals surface area contributed by atoms with Gasteiger partial charge in [0.25, 0.3) is 9.70 Å². The van der Waals surface area contributed by atoms with Gasteiger partial charge >= 0.3 is 6.09 Å². The molecule has 0 radical (unpaired) electrons. The van der Waals surface area contributed by atoms with Crippen LogP contribution in [0.1, 0.15) is 5.56 Å². The third-order valence-electron chi connectivity index (χ3n) is 2.12. The van der Waals surface area contributed by atoms with Gasteiger partial charge in [-0.1, -0.05) is 34.8 Å². The number of alkyl halides is 3. The summed E-state index contributed by atoms with van der Waals surface area (Å²) in [5.74, 6) is -0.427. The Labute approximate surface area is 125 Å². The van der Waals surface area contributed by atoms with Crippen molar-refractivity contribution >= 4 is 52.5 Å². The van der Waals surface area contributed by atoms with E-state index in [1.165, 1.54) is 13.1 Å². The maximum atomic E-state index is 11.5. The minimum absolute atomic E-state index is 0.337. The molecule has 1 aromatic carbocycles. The molecule has 0 saturated heterocycles. The molecule has 1 aromatic rings. The summed E-state index contributed by atoms with van der Waals surface area (Å²) in [5.41, 5.74) is 1.12. The van der Waals surface area contributed by atoms with Crippen LogP contribution in [0.25, 0.3) is 0 Å². The summed E-state index contributed by atoms with van der Waals surface area (Å²) in [6.45, 7) is 1.71. The lowest BCUT2D eigenvalue weighted by atomic mass is 10.2. The van der Waals surface area contributed by atoms with Crippen LogP contribution in [0.2, 0.25) is 0 Å². The van der Waals surface area contributed by atoms with E-state index in [9.17, 15) is 9.59 Å². The Morgan fingerprint density at radius 2 is 1.89 bits per heavy atom. The van der Waals surface area contributed by atoms with Gasteiger partial charge in [0.2, 0.25) is 0 Å². The highest BCUT2D eigenvalue weighted by Crippen LogP contribution is 2.29. The van der Waals surface area contributed by atoms with E-state index in [4.69, 9.17) is 39.5 Å². The van der Waals surface area contributed by atoms with E-state index in [-0.39, 0.29) is 0 Å². The molecule has 2 N–H and O–H groups in total. The standard InChI is InChI=1S/C11H11Cl3N2O3/c1-6-5-7(19-10(18)15-2)3-4-8(6)16-9(17)11(12,13)14/h3-5H,1-2H3,(H,15,18)(H,16,17). The van der Waals surface area contributed by atoms with Crippen molar-refractivity contribution < 1.29 is 14.3 Å². The first-order valence-corrected chi connectivity index (χ1v) is 6.26. The Bertz CT molecular complexity index is 500. The molecule has 0 bridgehead atoms. The Balaban J connectivity index is 2.83. The van der Waals surface area contributed by atoms with Gasteiger partial charge in [0, 0.05) is 12.7 Å². The van der Waals surface area contributed by atoms with E-state index in [0.29, 0.717) is 17.0 Å². The fourth-order valence-electron chi connectivity index (χ4n) is 1.19. The van der Waals surface area contributed by atoms with Crippen LogP contribution in [-0.2, 0) is 4.79 Å². The Morgan fingerprint density at radius 3 is 2.37 bits per heavy atom. The zero-order valence-electron chi connectivity index (χ0n) is 10.1. The third-order valence-corrected chi connectivity index (χ3v) is 2.63. The van der Waals surface area contributed by atoms with Gasteiger partial charge in [0.1, 0.15) is 5.75 Å². The van der Waals surface area contributed by atoms with Crippen molar-refractivity contribution in [1.82, 2.24) is 5.32 Å². The summed E-state index contributed by atoms with van der Waals surface area (Å²) in [6.07, 6.45) is -0.586. The number of aryl methyl sites for hydroxylation is 1. The van der Waals surface area contributed by atoms with E-state index >= 15 is 0 Å². The summed E-state index contributed by atoms with van der Waals surface area (Å²) in [7, 11) is 1.45. The largest absolute Gasteiger partial charge is 0.412 e. The van der Waals surface area contributed by atoms with Crippen molar-refractivity contribution in [1.29, 1.82) is 0 Å². The van der Waals surface area contributed by atoms with Crippen molar-refractivity contribution in [2.45, 2.75) is 10.7 Å². The number of halogens is 3. The Kier molecular flexibility index (Phi) is 5.29. The van der Waals surface area contributed by atoms with Gasteiger partial charge < -0.3 is 15.4 Å². The quantitative estimate of drug-likeness (QED) is 0.821. The smallest absolute Gasteiger partial charge is 0.410 e. The van der Waals surface area contributed by atoms with Crippen molar-refractivity contribution in [3.05, 3.63) is 23.8 Å². The van der Waals surface area contributed by atoms with Crippen molar-refractivity contribution in [2.75, 3.05) is 12.4 Å². The average molecular weight is 326 g/mol. The summed E-state index contributed by atoms with van der Waals surface area (Å²) >= 11 is 16.3. The second-order valence-electron chi connectivity index (χ2n) is 3.57. The van der Waals surface area contributed by atoms with Gasteiger partial charge in [-0.15, -0.1) is 0 Å². The Hall–Kier alpha value is -1.17. The van der Waals surface area contributed by atoms with E-state index in [0.717, 1.165) is 0 Å². The lowest BCUT2D eigenvalue weighted by Crippen LogP contribution is -2.27. The van der Waals surface area contributed by atoms with Gasteiger partial charge in [-0.25, -0.2) is 4.79 Å². The topological polar surface area (TPSA) is 67.4 Å². The van der Waals surface area contributed by atoms with Crippen LogP contribution in [-0.4, -0.2) is 22.8 Å². The molecule has 2 amide bonds. The zero-order chi connectivity index (χ0) is 14.6. The fourth-order valence-corrected chi connectivity index (χ4v) is 1.33. The maximum absolute atomic E-state index is 11.5. The molecule has 0 unspecified atom stereocenters. The minimum Gasteiger partial charge on any atom is -0.410 e. The van der Waals surface area contributed by atoms with Gasteiger partial charge in [-0.05, 0) is 30.7 Å².